The Morgan fingerprint density at radius 1 is 1.12 bits per heavy atom. The largest absolute Gasteiger partial charge is 0.352 e. The van der Waals surface area contributed by atoms with Crippen molar-refractivity contribution in [3.8, 4) is 0 Å². The highest BCUT2D eigenvalue weighted by atomic mass is 32.1. The monoisotopic (exact) mass is 344 g/mol. The van der Waals surface area contributed by atoms with Crippen molar-refractivity contribution in [3.63, 3.8) is 0 Å². The van der Waals surface area contributed by atoms with E-state index in [9.17, 15) is 9.59 Å². The molecule has 1 aromatic heterocycles. The Morgan fingerprint density at radius 3 is 2.42 bits per heavy atom. The van der Waals surface area contributed by atoms with Gasteiger partial charge >= 0.3 is 0 Å². The molecule has 2 aromatic rings. The lowest BCUT2D eigenvalue weighted by Gasteiger charge is -2.21. The topological polar surface area (TPSA) is 49.4 Å². The highest BCUT2D eigenvalue weighted by Crippen LogP contribution is 2.10. The fourth-order valence-electron chi connectivity index (χ4n) is 2.19. The highest BCUT2D eigenvalue weighted by molar-refractivity contribution is 7.07. The third-order valence-corrected chi connectivity index (χ3v) is 4.74. The maximum Gasteiger partial charge on any atom is 0.253 e. The van der Waals surface area contributed by atoms with Crippen molar-refractivity contribution >= 4 is 23.2 Å². The summed E-state index contributed by atoms with van der Waals surface area (Å²) in [7, 11) is 1.80. The molecule has 0 aliphatic carbocycles. The van der Waals surface area contributed by atoms with Gasteiger partial charge in [0.05, 0.1) is 0 Å². The molecule has 5 heteroatoms. The van der Waals surface area contributed by atoms with Crippen LogP contribution in [-0.4, -0.2) is 29.8 Å². The van der Waals surface area contributed by atoms with E-state index in [0.717, 1.165) is 12.0 Å². The third-order valence-electron chi connectivity index (χ3n) is 4.01. The molecule has 0 bridgehead atoms. The van der Waals surface area contributed by atoms with Gasteiger partial charge in [0.15, 0.2) is 0 Å². The standard InChI is InChI=1S/C19H24N2O2S/c1-14(2)21(3)19(23)17-7-4-15(5-8-17)12-20-18(22)9-6-16-10-11-24-13-16/h4-5,7-8,10-11,13-14H,6,9,12H2,1-3H3,(H,20,22). The lowest BCUT2D eigenvalue weighted by atomic mass is 10.1. The smallest absolute Gasteiger partial charge is 0.253 e. The van der Waals surface area contributed by atoms with E-state index in [1.807, 2.05) is 49.6 Å². The van der Waals surface area contributed by atoms with Gasteiger partial charge in [0.2, 0.25) is 5.91 Å². The number of hydrogen-bond donors (Lipinski definition) is 1. The summed E-state index contributed by atoms with van der Waals surface area (Å²) in [5, 5.41) is 7.01. The molecular weight excluding hydrogens is 320 g/mol. The molecular formula is C19H24N2O2S. The summed E-state index contributed by atoms with van der Waals surface area (Å²) in [5.41, 5.74) is 2.86. The second-order valence-electron chi connectivity index (χ2n) is 6.12. The van der Waals surface area contributed by atoms with Crippen LogP contribution in [0.4, 0.5) is 0 Å². The molecule has 0 spiro atoms. The molecule has 128 valence electrons. The lowest BCUT2D eigenvalue weighted by Crippen LogP contribution is -2.32. The van der Waals surface area contributed by atoms with Gasteiger partial charge in [-0.2, -0.15) is 11.3 Å². The zero-order valence-corrected chi connectivity index (χ0v) is 15.2. The average Bonchev–Trinajstić information content (AvgIpc) is 3.10. The highest BCUT2D eigenvalue weighted by Gasteiger charge is 2.13. The van der Waals surface area contributed by atoms with Crippen molar-refractivity contribution in [1.82, 2.24) is 10.2 Å². The van der Waals surface area contributed by atoms with Crippen molar-refractivity contribution in [1.29, 1.82) is 0 Å². The van der Waals surface area contributed by atoms with E-state index in [-0.39, 0.29) is 17.9 Å². The van der Waals surface area contributed by atoms with Crippen LogP contribution in [0.1, 0.15) is 41.8 Å². The van der Waals surface area contributed by atoms with Gasteiger partial charge in [-0.1, -0.05) is 12.1 Å². The van der Waals surface area contributed by atoms with Crippen molar-refractivity contribution < 1.29 is 9.59 Å². The number of amides is 2. The van der Waals surface area contributed by atoms with Gasteiger partial charge in [-0.3, -0.25) is 9.59 Å². The minimum atomic E-state index is 0.0105. The van der Waals surface area contributed by atoms with Crippen LogP contribution in [0.25, 0.3) is 0 Å². The third kappa shape index (κ3) is 5.20. The first-order valence-electron chi connectivity index (χ1n) is 8.11. The molecule has 0 saturated carbocycles. The Labute approximate surface area is 147 Å². The fraction of sp³-hybridized carbons (Fsp3) is 0.368. The van der Waals surface area contributed by atoms with Gasteiger partial charge < -0.3 is 10.2 Å². The van der Waals surface area contributed by atoms with Crippen molar-refractivity contribution in [3.05, 3.63) is 57.8 Å². The van der Waals surface area contributed by atoms with Gasteiger partial charge in [0.25, 0.3) is 5.91 Å². The van der Waals surface area contributed by atoms with Crippen LogP contribution < -0.4 is 5.32 Å². The first kappa shape index (κ1) is 18.2. The molecule has 1 aromatic carbocycles. The maximum atomic E-state index is 12.2. The predicted molar refractivity (Wildman–Crippen MR) is 98.2 cm³/mol. The molecule has 0 saturated heterocycles. The summed E-state index contributed by atoms with van der Waals surface area (Å²) < 4.78 is 0. The van der Waals surface area contributed by atoms with Crippen molar-refractivity contribution in [2.45, 2.75) is 39.3 Å². The Hall–Kier alpha value is -2.14. The maximum absolute atomic E-state index is 12.2. The molecule has 2 amide bonds. The SMILES string of the molecule is CC(C)N(C)C(=O)c1ccc(CNC(=O)CCc2ccsc2)cc1. The van der Waals surface area contributed by atoms with Crippen LogP contribution in [-0.2, 0) is 17.8 Å². The second kappa shape index (κ2) is 8.64. The first-order chi connectivity index (χ1) is 11.5. The minimum absolute atomic E-state index is 0.0105. The number of rotatable bonds is 7. The van der Waals surface area contributed by atoms with Gasteiger partial charge in [0.1, 0.15) is 0 Å². The average molecular weight is 344 g/mol. The summed E-state index contributed by atoms with van der Waals surface area (Å²) in [6.45, 7) is 4.45. The number of carbonyl (C=O) groups is 2. The number of thiophene rings is 1. The summed E-state index contributed by atoms with van der Waals surface area (Å²) in [5.74, 6) is 0.0530. The van der Waals surface area contributed by atoms with Crippen LogP contribution >= 0.6 is 11.3 Å². The number of carbonyl (C=O) groups excluding carboxylic acids is 2. The van der Waals surface area contributed by atoms with Crippen LogP contribution in [0, 0.1) is 0 Å². The molecule has 4 nitrogen and oxygen atoms in total. The number of nitrogens with zero attached hydrogens (tertiary/aromatic N) is 1. The molecule has 2 rings (SSSR count). The van der Waals surface area contributed by atoms with E-state index in [2.05, 4.69) is 10.7 Å². The zero-order chi connectivity index (χ0) is 17.5. The number of nitrogens with one attached hydrogen (secondary N) is 1. The van der Waals surface area contributed by atoms with E-state index in [1.165, 1.54) is 5.56 Å². The predicted octanol–water partition coefficient (Wildman–Crippen LogP) is 3.48. The molecule has 1 N–H and O–H groups in total. The van der Waals surface area contributed by atoms with Gasteiger partial charge in [0, 0.05) is 31.6 Å². The molecule has 1 heterocycles. The Bertz CT molecular complexity index is 663. The lowest BCUT2D eigenvalue weighted by molar-refractivity contribution is -0.121. The van der Waals surface area contributed by atoms with Gasteiger partial charge in [-0.25, -0.2) is 0 Å². The van der Waals surface area contributed by atoms with E-state index in [4.69, 9.17) is 0 Å². The molecule has 0 radical (unpaired) electrons. The molecule has 0 unspecified atom stereocenters. The normalized spacial score (nSPS) is 10.7. The zero-order valence-electron chi connectivity index (χ0n) is 14.4. The Morgan fingerprint density at radius 2 is 1.83 bits per heavy atom. The number of hydrogen-bond acceptors (Lipinski definition) is 3. The molecule has 24 heavy (non-hydrogen) atoms. The second-order valence-corrected chi connectivity index (χ2v) is 6.90. The summed E-state index contributed by atoms with van der Waals surface area (Å²) in [6.07, 6.45) is 1.26. The van der Waals surface area contributed by atoms with Crippen molar-refractivity contribution in [2.75, 3.05) is 7.05 Å². The fourth-order valence-corrected chi connectivity index (χ4v) is 2.89. The Balaban J connectivity index is 1.81. The summed E-state index contributed by atoms with van der Waals surface area (Å²) >= 11 is 1.65. The quantitative estimate of drug-likeness (QED) is 0.836. The van der Waals surface area contributed by atoms with E-state index in [1.54, 1.807) is 23.3 Å². The van der Waals surface area contributed by atoms with E-state index >= 15 is 0 Å². The van der Waals surface area contributed by atoms with Crippen LogP contribution in [0.2, 0.25) is 0 Å². The summed E-state index contributed by atoms with van der Waals surface area (Å²) in [4.78, 5) is 25.8. The first-order valence-corrected chi connectivity index (χ1v) is 9.05. The van der Waals surface area contributed by atoms with Crippen molar-refractivity contribution in [2.24, 2.45) is 0 Å². The molecule has 0 aliphatic heterocycles. The van der Waals surface area contributed by atoms with Crippen LogP contribution in [0.15, 0.2) is 41.1 Å². The van der Waals surface area contributed by atoms with Gasteiger partial charge in [-0.15, -0.1) is 0 Å². The van der Waals surface area contributed by atoms with Crippen LogP contribution in [0.5, 0.6) is 0 Å². The summed E-state index contributed by atoms with van der Waals surface area (Å²) in [6, 6.07) is 9.62. The Kier molecular flexibility index (Phi) is 6.55. The number of aryl methyl sites for hydroxylation is 1. The molecule has 0 aliphatic rings. The van der Waals surface area contributed by atoms with Gasteiger partial charge in [-0.05, 0) is 60.4 Å². The molecule has 0 atom stereocenters. The molecule has 0 fully saturated rings. The number of benzene rings is 1. The minimum Gasteiger partial charge on any atom is -0.352 e. The van der Waals surface area contributed by atoms with E-state index in [0.29, 0.717) is 18.5 Å². The van der Waals surface area contributed by atoms with Crippen LogP contribution in [0.3, 0.4) is 0 Å². The van der Waals surface area contributed by atoms with E-state index < -0.39 is 0 Å².